The molecule has 1 aliphatic rings. The summed E-state index contributed by atoms with van der Waals surface area (Å²) in [5, 5.41) is 46.3. The van der Waals surface area contributed by atoms with Gasteiger partial charge in [0.2, 0.25) is 0 Å². The first kappa shape index (κ1) is 23.2. The molecule has 1 aliphatic heterocycles. The molecule has 0 aliphatic carbocycles. The number of nitrogens with zero attached hydrogens (tertiary/aromatic N) is 1. The minimum absolute atomic E-state index is 0.0124. The Morgan fingerprint density at radius 1 is 1.31 bits per heavy atom. The molecule has 1 fully saturated rings. The van der Waals surface area contributed by atoms with E-state index in [9.17, 15) is 28.2 Å². The third kappa shape index (κ3) is 5.31. The van der Waals surface area contributed by atoms with Gasteiger partial charge in [-0.15, -0.1) is 0 Å². The van der Waals surface area contributed by atoms with Crippen LogP contribution in [0, 0.1) is 0 Å². The number of carbonyl (C=O) groups is 1. The second-order valence-corrected chi connectivity index (χ2v) is 7.02. The first-order valence-electron chi connectivity index (χ1n) is 8.67. The van der Waals surface area contributed by atoms with Gasteiger partial charge in [0.1, 0.15) is 28.7 Å². The van der Waals surface area contributed by atoms with Crippen molar-refractivity contribution in [1.29, 1.82) is 0 Å². The van der Waals surface area contributed by atoms with Crippen molar-refractivity contribution in [2.75, 3.05) is 26.2 Å². The molecule has 0 amide bonds. The second kappa shape index (κ2) is 8.75. The van der Waals surface area contributed by atoms with Crippen molar-refractivity contribution in [2.45, 2.75) is 30.6 Å². The quantitative estimate of drug-likeness (QED) is 0.287. The number of alkyl halides is 3. The molecule has 29 heavy (non-hydrogen) atoms. The number of nitrogens with two attached hydrogens (primary N) is 1. The molecule has 1 aromatic rings. The molecule has 162 valence electrons. The number of hydrogen-bond donors (Lipinski definition) is 6. The molecule has 1 aromatic carbocycles. The van der Waals surface area contributed by atoms with Gasteiger partial charge < -0.3 is 35.8 Å². The summed E-state index contributed by atoms with van der Waals surface area (Å²) in [4.78, 5) is 12.8. The summed E-state index contributed by atoms with van der Waals surface area (Å²) in [5.74, 6) is -2.21. The highest BCUT2D eigenvalue weighted by molar-refractivity contribution is 6.41. The van der Waals surface area contributed by atoms with Gasteiger partial charge in [-0.25, -0.2) is 4.79 Å². The summed E-state index contributed by atoms with van der Waals surface area (Å²) < 4.78 is 44.3. The molecule has 0 spiro atoms. The second-order valence-electron chi connectivity index (χ2n) is 7.02. The van der Waals surface area contributed by atoms with E-state index in [0.717, 1.165) is 0 Å². The fourth-order valence-electron chi connectivity index (χ4n) is 2.94. The average molecular weight is 422 g/mol. The highest BCUT2D eigenvalue weighted by atomic mass is 19.4. The molecule has 1 unspecified atom stereocenters. The van der Waals surface area contributed by atoms with Crippen LogP contribution in [0.2, 0.25) is 6.32 Å². The summed E-state index contributed by atoms with van der Waals surface area (Å²) in [6.45, 7) is -1.88. The van der Waals surface area contributed by atoms with Gasteiger partial charge in [0, 0.05) is 19.6 Å². The zero-order valence-corrected chi connectivity index (χ0v) is 15.3. The van der Waals surface area contributed by atoms with Gasteiger partial charge in [-0.3, -0.25) is 4.90 Å². The Hall–Kier alpha value is -2.06. The van der Waals surface area contributed by atoms with Gasteiger partial charge >= 0.3 is 19.3 Å². The lowest BCUT2D eigenvalue weighted by molar-refractivity contribution is -0.205. The minimum Gasteiger partial charge on any atom is -0.507 e. The number of benzene rings is 1. The number of carboxylic acids is 1. The lowest BCUT2D eigenvalue weighted by Crippen LogP contribution is -2.67. The number of rotatable bonds is 9. The maximum Gasteiger partial charge on any atom is 0.451 e. The van der Waals surface area contributed by atoms with Crippen LogP contribution in [0.15, 0.2) is 12.1 Å². The Bertz CT molecular complexity index is 744. The molecule has 1 heterocycles. The van der Waals surface area contributed by atoms with E-state index in [1.807, 2.05) is 0 Å². The summed E-state index contributed by atoms with van der Waals surface area (Å²) in [7, 11) is -1.62. The number of hydrogen-bond acceptors (Lipinski definition) is 8. The molecular weight excluding hydrogens is 400 g/mol. The lowest BCUT2D eigenvalue weighted by Gasteiger charge is -2.43. The van der Waals surface area contributed by atoms with E-state index >= 15 is 0 Å². The third-order valence-corrected chi connectivity index (χ3v) is 4.68. The number of aryl methyl sites for hydroxylation is 1. The highest BCUT2D eigenvalue weighted by Gasteiger charge is 2.53. The van der Waals surface area contributed by atoms with Crippen molar-refractivity contribution in [3.8, 4) is 11.5 Å². The first-order chi connectivity index (χ1) is 13.4. The summed E-state index contributed by atoms with van der Waals surface area (Å²) in [6, 6.07) is 2.66. The van der Waals surface area contributed by atoms with Crippen LogP contribution in [0.3, 0.4) is 0 Å². The molecule has 0 aromatic heterocycles. The number of phenols is 1. The molecule has 2 rings (SSSR count). The number of carboxylic acid groups (broad SMARTS) is 1. The first-order valence-corrected chi connectivity index (χ1v) is 8.67. The lowest BCUT2D eigenvalue weighted by atomic mass is 9.82. The predicted molar refractivity (Wildman–Crippen MR) is 94.7 cm³/mol. The van der Waals surface area contributed by atoms with Gasteiger partial charge in [-0.2, -0.15) is 13.2 Å². The van der Waals surface area contributed by atoms with Gasteiger partial charge in [0.25, 0.3) is 0 Å². The maximum atomic E-state index is 12.9. The van der Waals surface area contributed by atoms with Crippen molar-refractivity contribution in [3.63, 3.8) is 0 Å². The smallest absolute Gasteiger partial charge is 0.451 e. The van der Waals surface area contributed by atoms with Crippen LogP contribution >= 0.6 is 0 Å². The zero-order valence-electron chi connectivity index (χ0n) is 15.3. The van der Waals surface area contributed by atoms with Crippen molar-refractivity contribution in [2.24, 2.45) is 5.73 Å². The van der Waals surface area contributed by atoms with Gasteiger partial charge in [0.15, 0.2) is 0 Å². The van der Waals surface area contributed by atoms with Crippen LogP contribution in [0.1, 0.15) is 15.9 Å². The van der Waals surface area contributed by atoms with Crippen molar-refractivity contribution in [1.82, 2.24) is 4.90 Å². The Labute approximate surface area is 164 Å². The van der Waals surface area contributed by atoms with Crippen LogP contribution < -0.4 is 10.5 Å². The van der Waals surface area contributed by atoms with E-state index < -0.39 is 55.4 Å². The zero-order chi connectivity index (χ0) is 22.0. The molecule has 0 bridgehead atoms. The Morgan fingerprint density at radius 2 is 1.93 bits per heavy atom. The number of aromatic hydroxyl groups is 1. The number of aliphatic hydroxyl groups excluding tert-OH is 1. The monoisotopic (exact) mass is 422 g/mol. The van der Waals surface area contributed by atoms with Crippen molar-refractivity contribution >= 4 is 13.1 Å². The molecule has 7 N–H and O–H groups in total. The van der Waals surface area contributed by atoms with E-state index in [0.29, 0.717) is 0 Å². The Balaban J connectivity index is 2.05. The maximum absolute atomic E-state index is 12.9. The number of likely N-dealkylation sites (tertiary alicyclic amines) is 1. The molecule has 0 saturated carbocycles. The van der Waals surface area contributed by atoms with Gasteiger partial charge in [-0.05, 0) is 24.4 Å². The van der Waals surface area contributed by atoms with Crippen LogP contribution in [-0.4, -0.2) is 87.4 Å². The Kier molecular flexibility index (Phi) is 7.01. The number of aliphatic hydroxyl groups is 1. The van der Waals surface area contributed by atoms with Crippen LogP contribution in [0.25, 0.3) is 0 Å². The molecule has 1 saturated heterocycles. The predicted octanol–water partition coefficient (Wildman–Crippen LogP) is -0.579. The van der Waals surface area contributed by atoms with Gasteiger partial charge in [-0.1, -0.05) is 6.07 Å². The molecule has 9 nitrogen and oxygen atoms in total. The fraction of sp³-hybridized carbons (Fsp3) is 0.562. The summed E-state index contributed by atoms with van der Waals surface area (Å²) in [5.41, 5.74) is 2.11. The average Bonchev–Trinajstić information content (AvgIpc) is 2.57. The minimum atomic E-state index is -4.80. The molecule has 0 radical (unpaired) electrons. The Morgan fingerprint density at radius 3 is 2.41 bits per heavy atom. The van der Waals surface area contributed by atoms with Crippen LogP contribution in [0.5, 0.6) is 11.5 Å². The largest absolute Gasteiger partial charge is 0.507 e. The molecule has 13 heteroatoms. The van der Waals surface area contributed by atoms with Crippen LogP contribution in [0.4, 0.5) is 13.2 Å². The number of halogens is 3. The normalized spacial score (nSPS) is 17.5. The topological polar surface area (TPSA) is 157 Å². The summed E-state index contributed by atoms with van der Waals surface area (Å²) in [6.07, 6.45) is -5.53. The molecular formula is C16H22BF3N2O7. The summed E-state index contributed by atoms with van der Waals surface area (Å²) >= 11 is 0. The van der Waals surface area contributed by atoms with Crippen molar-refractivity contribution < 1.29 is 48.1 Å². The number of aromatic carboxylic acids is 1. The fourth-order valence-corrected chi connectivity index (χ4v) is 2.94. The number of ether oxygens (including phenoxy) is 1. The van der Waals surface area contributed by atoms with E-state index in [-0.39, 0.29) is 37.1 Å². The van der Waals surface area contributed by atoms with E-state index in [2.05, 4.69) is 0 Å². The van der Waals surface area contributed by atoms with E-state index in [1.165, 1.54) is 17.0 Å². The third-order valence-electron chi connectivity index (χ3n) is 4.68. The van der Waals surface area contributed by atoms with Crippen molar-refractivity contribution in [3.05, 3.63) is 23.3 Å². The highest BCUT2D eigenvalue weighted by Crippen LogP contribution is 2.35. The molecule has 1 atom stereocenters. The van der Waals surface area contributed by atoms with Crippen LogP contribution in [-0.2, 0) is 6.42 Å². The van der Waals surface area contributed by atoms with Gasteiger partial charge in [0.05, 0.1) is 6.61 Å². The van der Waals surface area contributed by atoms with E-state index in [4.69, 9.17) is 25.6 Å². The standard InChI is InChI=1S/C16H22BF3N2O7/c18-16(19,20)15(21,8-23)7-22-5-10(6-22)29-11-2-1-9(3-4-17(27)28)13(24)12(11)14(25)26/h1-2,10,23-24,27-28H,3-8,21H2,(H,25,26). The SMILES string of the molecule is NC(CO)(CN1CC(Oc2ccc(CCB(O)O)c(O)c2C(=O)O)C1)C(F)(F)F. The van der Waals surface area contributed by atoms with E-state index in [1.54, 1.807) is 0 Å².